The fourth-order valence-corrected chi connectivity index (χ4v) is 4.40. The van der Waals surface area contributed by atoms with Crippen molar-refractivity contribution in [2.75, 3.05) is 10.6 Å². The molecule has 156 valence electrons. The number of fused-ring (bicyclic) bond motifs is 1. The van der Waals surface area contributed by atoms with E-state index < -0.39 is 5.97 Å². The van der Waals surface area contributed by atoms with E-state index in [1.54, 1.807) is 18.2 Å². The van der Waals surface area contributed by atoms with Crippen molar-refractivity contribution < 1.29 is 14.7 Å². The number of carboxylic acids is 1. The molecule has 30 heavy (non-hydrogen) atoms. The molecule has 4 rings (SSSR count). The van der Waals surface area contributed by atoms with Crippen LogP contribution < -0.4 is 10.6 Å². The van der Waals surface area contributed by atoms with Gasteiger partial charge in [0.25, 0.3) is 0 Å². The second-order valence-electron chi connectivity index (χ2n) is 9.42. The highest BCUT2D eigenvalue weighted by Gasteiger charge is 2.38. The van der Waals surface area contributed by atoms with Gasteiger partial charge in [-0.05, 0) is 47.1 Å². The van der Waals surface area contributed by atoms with E-state index in [0.717, 1.165) is 28.9 Å². The maximum Gasteiger partial charge on any atom is 0.335 e. The van der Waals surface area contributed by atoms with E-state index in [1.807, 2.05) is 0 Å². The molecule has 0 bridgehead atoms. The predicted molar refractivity (Wildman–Crippen MR) is 119 cm³/mol. The van der Waals surface area contributed by atoms with Crippen LogP contribution in [0.25, 0.3) is 0 Å². The van der Waals surface area contributed by atoms with Crippen molar-refractivity contribution in [3.05, 3.63) is 70.4 Å². The van der Waals surface area contributed by atoms with Crippen molar-refractivity contribution in [3.63, 3.8) is 0 Å². The zero-order valence-corrected chi connectivity index (χ0v) is 17.9. The van der Waals surface area contributed by atoms with Gasteiger partial charge in [-0.25, -0.2) is 4.79 Å². The molecule has 1 unspecified atom stereocenters. The Morgan fingerprint density at radius 2 is 1.77 bits per heavy atom. The quantitative estimate of drug-likeness (QED) is 0.609. The van der Waals surface area contributed by atoms with Gasteiger partial charge < -0.3 is 15.7 Å². The number of nitrogens with one attached hydrogen (secondary N) is 2. The molecule has 1 aliphatic heterocycles. The lowest BCUT2D eigenvalue weighted by Crippen LogP contribution is -2.31. The van der Waals surface area contributed by atoms with E-state index in [1.165, 1.54) is 5.56 Å². The summed E-state index contributed by atoms with van der Waals surface area (Å²) in [7, 11) is 0. The van der Waals surface area contributed by atoms with Crippen LogP contribution in [0.4, 0.5) is 11.4 Å². The standard InChI is InChI=1S/C25H28N2O3/c1-14(2)15-5-7-16(8-6-15)23-22-20(12-25(3,4)13-21(22)28)26-19-11-17(24(29)30)9-10-18(19)27-23/h5-11,14,23,26-27H,12-13H2,1-4H3,(H,29,30). The minimum Gasteiger partial charge on any atom is -0.478 e. The van der Waals surface area contributed by atoms with E-state index in [0.29, 0.717) is 18.0 Å². The van der Waals surface area contributed by atoms with Gasteiger partial charge in [-0.1, -0.05) is 52.0 Å². The maximum absolute atomic E-state index is 13.3. The van der Waals surface area contributed by atoms with E-state index in [4.69, 9.17) is 0 Å². The van der Waals surface area contributed by atoms with Crippen LogP contribution in [0.15, 0.2) is 53.7 Å². The molecule has 0 radical (unpaired) electrons. The zero-order valence-electron chi connectivity index (χ0n) is 17.9. The predicted octanol–water partition coefficient (Wildman–Crippen LogP) is 5.73. The van der Waals surface area contributed by atoms with Crippen LogP contribution in [0, 0.1) is 5.41 Å². The number of benzene rings is 2. The van der Waals surface area contributed by atoms with Crippen LogP contribution in [-0.2, 0) is 4.79 Å². The van der Waals surface area contributed by atoms with Crippen LogP contribution >= 0.6 is 0 Å². The number of carbonyl (C=O) groups excluding carboxylic acids is 1. The fourth-order valence-electron chi connectivity index (χ4n) is 4.40. The van der Waals surface area contributed by atoms with Gasteiger partial charge in [-0.15, -0.1) is 0 Å². The first kappa shape index (κ1) is 20.2. The van der Waals surface area contributed by atoms with Gasteiger partial charge in [0.05, 0.1) is 23.0 Å². The number of hydrogen-bond acceptors (Lipinski definition) is 4. The summed E-state index contributed by atoms with van der Waals surface area (Å²) >= 11 is 0. The van der Waals surface area contributed by atoms with Gasteiger partial charge in [0.15, 0.2) is 5.78 Å². The molecule has 1 heterocycles. The summed E-state index contributed by atoms with van der Waals surface area (Å²) in [5.41, 5.74) is 5.45. The van der Waals surface area contributed by atoms with E-state index in [2.05, 4.69) is 62.6 Å². The first-order chi connectivity index (χ1) is 14.1. The number of ketones is 1. The van der Waals surface area contributed by atoms with Gasteiger partial charge >= 0.3 is 5.97 Å². The number of anilines is 2. The summed E-state index contributed by atoms with van der Waals surface area (Å²) in [6.07, 6.45) is 1.22. The molecule has 0 saturated carbocycles. The summed E-state index contributed by atoms with van der Waals surface area (Å²) in [5.74, 6) is -0.408. The Morgan fingerprint density at radius 3 is 2.40 bits per heavy atom. The SMILES string of the molecule is CC(C)c1ccc(C2Nc3ccc(C(=O)O)cc3NC3=C2C(=O)CC(C)(C)C3)cc1. The number of aromatic carboxylic acids is 1. The number of carbonyl (C=O) groups is 2. The Bertz CT molecular complexity index is 1050. The average Bonchev–Trinajstić information content (AvgIpc) is 2.82. The molecule has 0 amide bonds. The fraction of sp³-hybridized carbons (Fsp3) is 0.360. The zero-order chi connectivity index (χ0) is 21.6. The number of carboxylic acid groups (broad SMARTS) is 1. The molecule has 3 N–H and O–H groups in total. The number of rotatable bonds is 3. The minimum absolute atomic E-state index is 0.130. The normalized spacial score (nSPS) is 20.0. The van der Waals surface area contributed by atoms with Gasteiger partial charge in [0.1, 0.15) is 0 Å². The Hall–Kier alpha value is -3.08. The summed E-state index contributed by atoms with van der Waals surface area (Å²) in [6.45, 7) is 8.50. The van der Waals surface area contributed by atoms with Gasteiger partial charge in [-0.3, -0.25) is 4.79 Å². The molecule has 5 heteroatoms. The Labute approximate surface area is 177 Å². The highest BCUT2D eigenvalue weighted by atomic mass is 16.4. The van der Waals surface area contributed by atoms with Crippen LogP contribution in [0.5, 0.6) is 0 Å². The highest BCUT2D eigenvalue weighted by molar-refractivity contribution is 6.01. The average molecular weight is 405 g/mol. The second-order valence-corrected chi connectivity index (χ2v) is 9.42. The topological polar surface area (TPSA) is 78.4 Å². The molecule has 0 fully saturated rings. The van der Waals surface area contributed by atoms with E-state index >= 15 is 0 Å². The molecule has 2 aromatic carbocycles. The lowest BCUT2D eigenvalue weighted by molar-refractivity contribution is -0.118. The third kappa shape index (κ3) is 3.72. The van der Waals surface area contributed by atoms with Gasteiger partial charge in [-0.2, -0.15) is 0 Å². The van der Waals surface area contributed by atoms with Crippen molar-refractivity contribution in [3.8, 4) is 0 Å². The van der Waals surface area contributed by atoms with E-state index in [9.17, 15) is 14.7 Å². The molecule has 0 spiro atoms. The largest absolute Gasteiger partial charge is 0.478 e. The first-order valence-electron chi connectivity index (χ1n) is 10.4. The lowest BCUT2D eigenvalue weighted by Gasteiger charge is -2.34. The summed E-state index contributed by atoms with van der Waals surface area (Å²) in [4.78, 5) is 24.7. The second kappa shape index (κ2) is 7.31. The van der Waals surface area contributed by atoms with Crippen molar-refractivity contribution >= 4 is 23.1 Å². The summed E-state index contributed by atoms with van der Waals surface area (Å²) in [6, 6.07) is 13.1. The van der Waals surface area contributed by atoms with Crippen LogP contribution in [0.3, 0.4) is 0 Å². The molecular weight excluding hydrogens is 376 g/mol. The Balaban J connectivity index is 1.85. The van der Waals surface area contributed by atoms with Crippen LogP contribution in [-0.4, -0.2) is 16.9 Å². The third-order valence-electron chi connectivity index (χ3n) is 6.00. The number of allylic oxidation sites excluding steroid dienone is 1. The molecule has 5 nitrogen and oxygen atoms in total. The minimum atomic E-state index is -0.973. The van der Waals surface area contributed by atoms with E-state index in [-0.39, 0.29) is 22.8 Å². The number of hydrogen-bond donors (Lipinski definition) is 3. The van der Waals surface area contributed by atoms with Gasteiger partial charge in [0, 0.05) is 17.7 Å². The molecule has 0 aromatic heterocycles. The monoisotopic (exact) mass is 404 g/mol. The van der Waals surface area contributed by atoms with Crippen molar-refractivity contribution in [2.24, 2.45) is 5.41 Å². The Kier molecular flexibility index (Phi) is 4.92. The lowest BCUT2D eigenvalue weighted by atomic mass is 9.73. The first-order valence-corrected chi connectivity index (χ1v) is 10.4. The molecule has 2 aromatic rings. The maximum atomic E-state index is 13.3. The third-order valence-corrected chi connectivity index (χ3v) is 6.00. The van der Waals surface area contributed by atoms with Crippen molar-refractivity contribution in [1.29, 1.82) is 0 Å². The summed E-state index contributed by atoms with van der Waals surface area (Å²) < 4.78 is 0. The molecular formula is C25H28N2O3. The molecule has 2 aliphatic rings. The van der Waals surface area contributed by atoms with Crippen molar-refractivity contribution in [2.45, 2.75) is 52.5 Å². The number of Topliss-reactive ketones (excluding diaryl/α,β-unsaturated/α-hetero) is 1. The summed E-state index contributed by atoms with van der Waals surface area (Å²) in [5, 5.41) is 16.3. The molecule has 1 aliphatic carbocycles. The molecule has 0 saturated heterocycles. The van der Waals surface area contributed by atoms with Crippen molar-refractivity contribution in [1.82, 2.24) is 0 Å². The highest BCUT2D eigenvalue weighted by Crippen LogP contribution is 2.45. The Morgan fingerprint density at radius 1 is 1.07 bits per heavy atom. The van der Waals surface area contributed by atoms with Crippen LogP contribution in [0.1, 0.15) is 74.0 Å². The smallest absolute Gasteiger partial charge is 0.335 e. The van der Waals surface area contributed by atoms with Crippen LogP contribution in [0.2, 0.25) is 0 Å². The van der Waals surface area contributed by atoms with Gasteiger partial charge in [0.2, 0.25) is 0 Å². The molecule has 1 atom stereocenters.